The standard InChI is InChI=1S/C21H43N5O7.H2O4S/c1-9(25-3)13-6-5-10(22)19(31-13)32-16-11(23)7-12(24)17(14(16)27)33-20-15(28)18(26-4)21(2,29)8-30-20;1-5(2,3)4/h9-20,25-29H,5-8,22-24H2,1-4H3;(H2,1,2,3,4)/t9?,10-,11+,12-,13+,14+,15-,16?,17+,18-,19-,20?,21+;/m1./s1. The van der Waals surface area contributed by atoms with Crippen molar-refractivity contribution in [1.29, 1.82) is 0 Å². The van der Waals surface area contributed by atoms with Gasteiger partial charge >= 0.3 is 10.4 Å². The summed E-state index contributed by atoms with van der Waals surface area (Å²) in [6, 6.07) is -2.11. The van der Waals surface area contributed by atoms with Gasteiger partial charge in [0, 0.05) is 18.1 Å². The summed E-state index contributed by atoms with van der Waals surface area (Å²) >= 11 is 0. The predicted octanol–water partition coefficient (Wildman–Crippen LogP) is -3.98. The van der Waals surface area contributed by atoms with Gasteiger partial charge in [0.05, 0.1) is 24.8 Å². The van der Waals surface area contributed by atoms with Crippen LogP contribution >= 0.6 is 0 Å². The minimum absolute atomic E-state index is 0.0620. The average molecular weight is 576 g/mol. The maximum Gasteiger partial charge on any atom is 0.394 e. The van der Waals surface area contributed by atoms with Gasteiger partial charge in [-0.1, -0.05) is 0 Å². The Kier molecular flexibility index (Phi) is 12.2. The highest BCUT2D eigenvalue weighted by Crippen LogP contribution is 2.31. The Balaban J connectivity index is 0.000000926. The summed E-state index contributed by atoms with van der Waals surface area (Å²) in [6.07, 6.45) is -4.22. The zero-order chi connectivity index (χ0) is 29.0. The first-order valence-corrected chi connectivity index (χ1v) is 13.9. The molecule has 1 aliphatic carbocycles. The molecule has 0 amide bonds. The molecule has 0 aromatic carbocycles. The molecule has 17 heteroatoms. The summed E-state index contributed by atoms with van der Waals surface area (Å²) in [4.78, 5) is 0. The normalized spacial score (nSPS) is 45.1. The van der Waals surface area contributed by atoms with E-state index in [-0.39, 0.29) is 24.8 Å². The molecular formula is C21H45N5O11S. The topological polar surface area (TPSA) is 274 Å². The summed E-state index contributed by atoms with van der Waals surface area (Å²) in [6.45, 7) is 3.52. The average Bonchev–Trinajstić information content (AvgIpc) is 2.80. The maximum absolute atomic E-state index is 11.1. The number of aliphatic hydroxyl groups excluding tert-OH is 2. The van der Waals surface area contributed by atoms with Gasteiger partial charge in [-0.25, -0.2) is 0 Å². The van der Waals surface area contributed by atoms with Crippen LogP contribution in [0.25, 0.3) is 0 Å². The minimum Gasteiger partial charge on any atom is -0.388 e. The van der Waals surface area contributed by atoms with E-state index in [1.807, 2.05) is 14.0 Å². The SMILES string of the molecule is CNC(C)[C@@H]1CC[C@@H](N)[C@@H](OC2[C@@H](N)C[C@@H](N)[C@H](OC3OC[C@](C)(O)[C@H](NC)[C@H]3O)[C@H]2O)O1.O=S(=O)(O)O. The Morgan fingerprint density at radius 3 is 2.00 bits per heavy atom. The molecule has 1 saturated carbocycles. The van der Waals surface area contributed by atoms with Crippen molar-refractivity contribution in [3.8, 4) is 0 Å². The molecule has 0 aromatic heterocycles. The first-order valence-electron chi connectivity index (χ1n) is 12.5. The van der Waals surface area contributed by atoms with E-state index >= 15 is 0 Å². The van der Waals surface area contributed by atoms with Crippen molar-refractivity contribution in [3.63, 3.8) is 0 Å². The Hall–Kier alpha value is -0.610. The maximum atomic E-state index is 11.1. The van der Waals surface area contributed by atoms with Gasteiger partial charge in [-0.05, 0) is 47.2 Å². The summed E-state index contributed by atoms with van der Waals surface area (Å²) in [5.41, 5.74) is 17.5. The number of likely N-dealkylation sites (N-methyl/N-ethyl adjacent to an activating group) is 2. The lowest BCUT2D eigenvalue weighted by Crippen LogP contribution is -2.68. The van der Waals surface area contributed by atoms with Crippen molar-refractivity contribution in [2.45, 2.75) is 112 Å². The molecule has 13 atom stereocenters. The lowest BCUT2D eigenvalue weighted by molar-refractivity contribution is -0.307. The van der Waals surface area contributed by atoms with E-state index in [1.54, 1.807) is 14.0 Å². The molecule has 3 rings (SSSR count). The van der Waals surface area contributed by atoms with Crippen molar-refractivity contribution >= 4 is 10.4 Å². The summed E-state index contributed by atoms with van der Waals surface area (Å²) in [5.74, 6) is 0. The molecule has 38 heavy (non-hydrogen) atoms. The van der Waals surface area contributed by atoms with E-state index in [1.165, 1.54) is 0 Å². The molecule has 2 heterocycles. The van der Waals surface area contributed by atoms with Crippen molar-refractivity contribution < 1.29 is 51.8 Å². The highest BCUT2D eigenvalue weighted by Gasteiger charge is 2.50. The van der Waals surface area contributed by atoms with Crippen LogP contribution in [0.5, 0.6) is 0 Å². The van der Waals surface area contributed by atoms with E-state index < -0.39 is 71.1 Å². The Labute approximate surface area is 223 Å². The summed E-state index contributed by atoms with van der Waals surface area (Å²) in [7, 11) is -1.17. The smallest absolute Gasteiger partial charge is 0.388 e. The molecule has 0 radical (unpaired) electrons. The summed E-state index contributed by atoms with van der Waals surface area (Å²) < 4.78 is 55.3. The van der Waals surface area contributed by atoms with E-state index in [0.29, 0.717) is 12.8 Å². The number of ether oxygens (including phenoxy) is 4. The lowest BCUT2D eigenvalue weighted by Gasteiger charge is -2.48. The largest absolute Gasteiger partial charge is 0.394 e. The minimum atomic E-state index is -4.67. The van der Waals surface area contributed by atoms with Crippen LogP contribution in [0.15, 0.2) is 0 Å². The van der Waals surface area contributed by atoms with Crippen LogP contribution in [-0.4, -0.2) is 132 Å². The van der Waals surface area contributed by atoms with Gasteiger partial charge in [0.25, 0.3) is 0 Å². The van der Waals surface area contributed by atoms with E-state index in [9.17, 15) is 15.3 Å². The van der Waals surface area contributed by atoms with Crippen molar-refractivity contribution in [2.75, 3.05) is 20.7 Å². The van der Waals surface area contributed by atoms with Crippen molar-refractivity contribution in [3.05, 3.63) is 0 Å². The van der Waals surface area contributed by atoms with Gasteiger partial charge in [-0.2, -0.15) is 8.42 Å². The van der Waals surface area contributed by atoms with Crippen LogP contribution in [0.1, 0.15) is 33.1 Å². The predicted molar refractivity (Wildman–Crippen MR) is 134 cm³/mol. The molecule has 0 spiro atoms. The number of hydrogen-bond acceptors (Lipinski definition) is 14. The second kappa shape index (κ2) is 13.8. The Morgan fingerprint density at radius 2 is 1.50 bits per heavy atom. The third kappa shape index (κ3) is 8.95. The number of hydrogen-bond donors (Lipinski definition) is 10. The number of aliphatic hydroxyl groups is 3. The quantitative estimate of drug-likeness (QED) is 0.130. The number of nitrogens with one attached hydrogen (secondary N) is 2. The van der Waals surface area contributed by atoms with Crippen LogP contribution in [0.4, 0.5) is 0 Å². The van der Waals surface area contributed by atoms with Crippen molar-refractivity contribution in [2.24, 2.45) is 17.2 Å². The van der Waals surface area contributed by atoms with Crippen LogP contribution in [0.2, 0.25) is 0 Å². The van der Waals surface area contributed by atoms with E-state index in [0.717, 1.165) is 6.42 Å². The van der Waals surface area contributed by atoms with E-state index in [2.05, 4.69) is 10.6 Å². The second-order valence-corrected chi connectivity index (χ2v) is 11.3. The van der Waals surface area contributed by atoms with Gasteiger partial charge < -0.3 is 62.1 Å². The fourth-order valence-corrected chi connectivity index (χ4v) is 5.04. The van der Waals surface area contributed by atoms with E-state index in [4.69, 9.17) is 53.7 Å². The van der Waals surface area contributed by atoms with Gasteiger partial charge in [-0.3, -0.25) is 9.11 Å². The summed E-state index contributed by atoms with van der Waals surface area (Å²) in [5, 5.41) is 38.3. The molecule has 0 aromatic rings. The fraction of sp³-hybridized carbons (Fsp3) is 1.00. The van der Waals surface area contributed by atoms with Gasteiger partial charge in [0.2, 0.25) is 0 Å². The van der Waals surface area contributed by atoms with Crippen LogP contribution in [0.3, 0.4) is 0 Å². The zero-order valence-electron chi connectivity index (χ0n) is 22.1. The van der Waals surface area contributed by atoms with Crippen molar-refractivity contribution in [1.82, 2.24) is 10.6 Å². The third-order valence-corrected chi connectivity index (χ3v) is 7.24. The molecule has 226 valence electrons. The number of nitrogens with two attached hydrogens (primary N) is 3. The molecular weight excluding hydrogens is 530 g/mol. The van der Waals surface area contributed by atoms with Crippen LogP contribution < -0.4 is 27.8 Å². The van der Waals surface area contributed by atoms with Crippen LogP contribution in [-0.2, 0) is 29.3 Å². The zero-order valence-corrected chi connectivity index (χ0v) is 22.9. The monoisotopic (exact) mass is 575 g/mol. The van der Waals surface area contributed by atoms with Gasteiger partial charge in [0.1, 0.15) is 30.0 Å². The van der Waals surface area contributed by atoms with Gasteiger partial charge in [0.15, 0.2) is 12.6 Å². The molecule has 0 bridgehead atoms. The molecule has 2 saturated heterocycles. The molecule has 3 fully saturated rings. The third-order valence-electron chi connectivity index (χ3n) is 7.24. The first-order chi connectivity index (χ1) is 17.5. The van der Waals surface area contributed by atoms with Crippen LogP contribution in [0, 0.1) is 0 Å². The Morgan fingerprint density at radius 1 is 0.974 bits per heavy atom. The second-order valence-electron chi connectivity index (χ2n) is 10.4. The highest BCUT2D eigenvalue weighted by atomic mass is 32.3. The van der Waals surface area contributed by atoms with Gasteiger partial charge in [-0.15, -0.1) is 0 Å². The molecule has 3 aliphatic rings. The molecule has 2 aliphatic heterocycles. The molecule has 16 nitrogen and oxygen atoms in total. The first kappa shape index (κ1) is 33.6. The number of rotatable bonds is 7. The fourth-order valence-electron chi connectivity index (χ4n) is 5.04. The molecule has 3 unspecified atom stereocenters. The Bertz CT molecular complexity index is 832. The highest BCUT2D eigenvalue weighted by molar-refractivity contribution is 7.79. The molecule has 13 N–H and O–H groups in total. The lowest BCUT2D eigenvalue weighted by atomic mass is 9.84.